The van der Waals surface area contributed by atoms with E-state index >= 15 is 0 Å². The number of imidazole rings is 1. The van der Waals surface area contributed by atoms with Gasteiger partial charge in [-0.3, -0.25) is 4.79 Å². The summed E-state index contributed by atoms with van der Waals surface area (Å²) in [6, 6.07) is 0.116. The van der Waals surface area contributed by atoms with Crippen LogP contribution in [0.3, 0.4) is 0 Å². The lowest BCUT2D eigenvalue weighted by Gasteiger charge is -2.34. The van der Waals surface area contributed by atoms with Crippen molar-refractivity contribution in [2.24, 2.45) is 0 Å². The Hall–Kier alpha value is -1.69. The van der Waals surface area contributed by atoms with Crippen molar-refractivity contribution in [2.75, 3.05) is 6.54 Å². The van der Waals surface area contributed by atoms with Crippen LogP contribution < -0.4 is 0 Å². The number of piperidine rings is 1. The van der Waals surface area contributed by atoms with Crippen LogP contribution >= 0.6 is 11.3 Å². The highest BCUT2D eigenvalue weighted by atomic mass is 32.1. The summed E-state index contributed by atoms with van der Waals surface area (Å²) >= 11 is 1.62. The molecule has 1 atom stereocenters. The first kappa shape index (κ1) is 12.3. The van der Waals surface area contributed by atoms with Crippen LogP contribution in [0.5, 0.6) is 0 Å². The lowest BCUT2D eigenvalue weighted by atomic mass is 10.0. The topological polar surface area (TPSA) is 61.9 Å². The lowest BCUT2D eigenvalue weighted by molar-refractivity contribution is 0.0605. The third-order valence-corrected chi connectivity index (χ3v) is 4.31. The van der Waals surface area contributed by atoms with Crippen molar-refractivity contribution in [1.29, 1.82) is 0 Å². The first-order chi connectivity index (χ1) is 9.25. The average molecular weight is 276 g/mol. The maximum Gasteiger partial charge on any atom is 0.272 e. The first-order valence-electron chi connectivity index (χ1n) is 6.47. The number of thiazole rings is 1. The van der Waals surface area contributed by atoms with Crippen LogP contribution in [0.2, 0.25) is 0 Å². The van der Waals surface area contributed by atoms with Crippen LogP contribution in [0.25, 0.3) is 0 Å². The second kappa shape index (κ2) is 5.13. The molecule has 6 heteroatoms. The monoisotopic (exact) mass is 276 g/mol. The maximum absolute atomic E-state index is 12.6. The van der Waals surface area contributed by atoms with Gasteiger partial charge in [-0.05, 0) is 26.2 Å². The van der Waals surface area contributed by atoms with Gasteiger partial charge >= 0.3 is 0 Å². The molecule has 3 rings (SSSR count). The highest BCUT2D eigenvalue weighted by Gasteiger charge is 2.30. The number of aryl methyl sites for hydroxylation is 1. The summed E-state index contributed by atoms with van der Waals surface area (Å²) in [5, 5.41) is 3.00. The van der Waals surface area contributed by atoms with Gasteiger partial charge in [0.1, 0.15) is 16.5 Å². The minimum Gasteiger partial charge on any atom is -0.338 e. The number of likely N-dealkylation sites (tertiary alicyclic amines) is 1. The molecule has 19 heavy (non-hydrogen) atoms. The molecule has 0 spiro atoms. The zero-order valence-electron chi connectivity index (χ0n) is 10.8. The summed E-state index contributed by atoms with van der Waals surface area (Å²) in [6.45, 7) is 2.65. The van der Waals surface area contributed by atoms with Crippen molar-refractivity contribution in [3.05, 3.63) is 34.3 Å². The fourth-order valence-electron chi connectivity index (χ4n) is 2.51. The van der Waals surface area contributed by atoms with E-state index in [1.54, 1.807) is 23.7 Å². The largest absolute Gasteiger partial charge is 0.338 e. The Balaban J connectivity index is 1.86. The maximum atomic E-state index is 12.6. The van der Waals surface area contributed by atoms with E-state index in [2.05, 4.69) is 15.0 Å². The van der Waals surface area contributed by atoms with E-state index in [1.165, 1.54) is 0 Å². The Morgan fingerprint density at radius 1 is 1.47 bits per heavy atom. The number of H-pyrrole nitrogens is 1. The van der Waals surface area contributed by atoms with Gasteiger partial charge in [-0.1, -0.05) is 0 Å². The molecule has 2 aromatic heterocycles. The van der Waals surface area contributed by atoms with Crippen molar-refractivity contribution in [1.82, 2.24) is 19.9 Å². The van der Waals surface area contributed by atoms with Crippen LogP contribution in [0.15, 0.2) is 17.8 Å². The predicted octanol–water partition coefficient (Wildman–Crippen LogP) is 2.54. The second-order valence-electron chi connectivity index (χ2n) is 4.76. The molecule has 0 saturated carbocycles. The number of amides is 1. The zero-order chi connectivity index (χ0) is 13.2. The van der Waals surface area contributed by atoms with E-state index in [0.29, 0.717) is 5.69 Å². The van der Waals surface area contributed by atoms with Crippen LogP contribution in [-0.4, -0.2) is 32.3 Å². The van der Waals surface area contributed by atoms with Gasteiger partial charge in [0, 0.05) is 18.1 Å². The fraction of sp³-hybridized carbons (Fsp3) is 0.462. The summed E-state index contributed by atoms with van der Waals surface area (Å²) in [6.07, 6.45) is 6.62. The molecule has 5 nitrogen and oxygen atoms in total. The number of aromatic amines is 1. The fourth-order valence-corrected chi connectivity index (χ4v) is 3.30. The Morgan fingerprint density at radius 2 is 2.37 bits per heavy atom. The van der Waals surface area contributed by atoms with Gasteiger partial charge in [0.15, 0.2) is 0 Å². The summed E-state index contributed by atoms with van der Waals surface area (Å²) in [7, 11) is 0. The molecule has 0 aromatic carbocycles. The standard InChI is InChI=1S/C13H16N4OS/c1-9-15-8-10(16-9)13(18)17-6-3-2-4-11(17)12-14-5-7-19-12/h5,7-8,11H,2-4,6H2,1H3,(H,15,16). The normalized spacial score (nSPS) is 19.6. The minimum absolute atomic E-state index is 0.0282. The SMILES string of the molecule is Cc1ncc(C(=O)N2CCCCC2c2nccs2)[nH]1. The molecule has 2 aromatic rings. The number of hydrogen-bond acceptors (Lipinski definition) is 4. The quantitative estimate of drug-likeness (QED) is 0.917. The lowest BCUT2D eigenvalue weighted by Crippen LogP contribution is -2.38. The molecule has 1 amide bonds. The van der Waals surface area contributed by atoms with Gasteiger partial charge < -0.3 is 9.88 Å². The number of nitrogens with one attached hydrogen (secondary N) is 1. The van der Waals surface area contributed by atoms with Crippen molar-refractivity contribution in [2.45, 2.75) is 32.2 Å². The van der Waals surface area contributed by atoms with Gasteiger partial charge in [0.25, 0.3) is 5.91 Å². The summed E-state index contributed by atoms with van der Waals surface area (Å²) < 4.78 is 0. The minimum atomic E-state index is 0.0282. The molecule has 0 radical (unpaired) electrons. The van der Waals surface area contributed by atoms with Gasteiger partial charge in [-0.2, -0.15) is 0 Å². The highest BCUT2D eigenvalue weighted by molar-refractivity contribution is 7.09. The molecule has 0 aliphatic carbocycles. The van der Waals surface area contributed by atoms with Crippen LogP contribution in [0.4, 0.5) is 0 Å². The van der Waals surface area contributed by atoms with Crippen molar-refractivity contribution < 1.29 is 4.79 Å². The molecule has 0 bridgehead atoms. The molecular formula is C13H16N4OS. The molecule has 1 aliphatic heterocycles. The number of nitrogens with zero attached hydrogens (tertiary/aromatic N) is 3. The van der Waals surface area contributed by atoms with E-state index in [4.69, 9.17) is 0 Å². The van der Waals surface area contributed by atoms with E-state index in [-0.39, 0.29) is 11.9 Å². The van der Waals surface area contributed by atoms with E-state index in [1.807, 2.05) is 17.2 Å². The Labute approximate surface area is 115 Å². The van der Waals surface area contributed by atoms with Crippen molar-refractivity contribution in [3.63, 3.8) is 0 Å². The highest BCUT2D eigenvalue weighted by Crippen LogP contribution is 2.32. The third kappa shape index (κ3) is 2.40. The average Bonchev–Trinajstić information content (AvgIpc) is 3.09. The second-order valence-corrected chi connectivity index (χ2v) is 5.69. The van der Waals surface area contributed by atoms with Gasteiger partial charge in [0.2, 0.25) is 0 Å². The number of carbonyl (C=O) groups excluding carboxylic acids is 1. The molecule has 1 unspecified atom stereocenters. The number of hydrogen-bond donors (Lipinski definition) is 1. The number of rotatable bonds is 2. The van der Waals surface area contributed by atoms with E-state index in [0.717, 1.165) is 36.6 Å². The molecule has 100 valence electrons. The van der Waals surface area contributed by atoms with Crippen LogP contribution in [-0.2, 0) is 0 Å². The molecule has 1 fully saturated rings. The third-order valence-electron chi connectivity index (χ3n) is 3.43. The van der Waals surface area contributed by atoms with Crippen molar-refractivity contribution >= 4 is 17.2 Å². The van der Waals surface area contributed by atoms with Gasteiger partial charge in [0.05, 0.1) is 12.2 Å². The predicted molar refractivity (Wildman–Crippen MR) is 73.1 cm³/mol. The Morgan fingerprint density at radius 3 is 3.05 bits per heavy atom. The summed E-state index contributed by atoms with van der Waals surface area (Å²) in [4.78, 5) is 26.0. The summed E-state index contributed by atoms with van der Waals surface area (Å²) in [5.41, 5.74) is 0.570. The molecule has 1 aliphatic rings. The zero-order valence-corrected chi connectivity index (χ0v) is 11.6. The van der Waals surface area contributed by atoms with Gasteiger partial charge in [-0.15, -0.1) is 11.3 Å². The number of carbonyl (C=O) groups is 1. The van der Waals surface area contributed by atoms with E-state index < -0.39 is 0 Å². The van der Waals surface area contributed by atoms with Crippen LogP contribution in [0, 0.1) is 6.92 Å². The van der Waals surface area contributed by atoms with Crippen molar-refractivity contribution in [3.8, 4) is 0 Å². The van der Waals surface area contributed by atoms with Crippen LogP contribution in [0.1, 0.15) is 46.6 Å². The first-order valence-corrected chi connectivity index (χ1v) is 7.35. The molecule has 1 saturated heterocycles. The van der Waals surface area contributed by atoms with Gasteiger partial charge in [-0.25, -0.2) is 9.97 Å². The van der Waals surface area contributed by atoms with E-state index in [9.17, 15) is 4.79 Å². The summed E-state index contributed by atoms with van der Waals surface area (Å²) in [5.74, 6) is 0.798. The smallest absolute Gasteiger partial charge is 0.272 e. The molecular weight excluding hydrogens is 260 g/mol. The number of aromatic nitrogens is 3. The molecule has 1 N–H and O–H groups in total. The Kier molecular flexibility index (Phi) is 3.33. The molecule has 3 heterocycles. The Bertz CT molecular complexity index is 563.